The number of hydrogen-bond acceptors (Lipinski definition) is 7. The monoisotopic (exact) mass is 428 g/mol. The van der Waals surface area contributed by atoms with Crippen LogP contribution in [0.3, 0.4) is 0 Å². The summed E-state index contributed by atoms with van der Waals surface area (Å²) in [7, 11) is 6.57. The lowest BCUT2D eigenvalue weighted by atomic mass is 9.71. The first-order chi connectivity index (χ1) is 14.9. The lowest BCUT2D eigenvalue weighted by molar-refractivity contribution is -0.137. The average Bonchev–Trinajstić information content (AvgIpc) is 3.28. The summed E-state index contributed by atoms with van der Waals surface area (Å²) in [6.07, 6.45) is 3.93. The van der Waals surface area contributed by atoms with Crippen LogP contribution < -0.4 is 9.64 Å². The van der Waals surface area contributed by atoms with E-state index in [-0.39, 0.29) is 23.7 Å². The molecule has 7 heteroatoms. The molecule has 0 aliphatic carbocycles. The minimum absolute atomic E-state index is 0.000168. The number of hydrogen-bond donors (Lipinski definition) is 0. The first-order valence-electron chi connectivity index (χ1n) is 10.9. The highest BCUT2D eigenvalue weighted by molar-refractivity contribution is 6.16. The van der Waals surface area contributed by atoms with Gasteiger partial charge in [-0.1, -0.05) is 19.4 Å². The number of anilines is 1. The number of benzene rings is 1. The normalized spacial score (nSPS) is 30.4. The van der Waals surface area contributed by atoms with Gasteiger partial charge < -0.3 is 19.1 Å². The summed E-state index contributed by atoms with van der Waals surface area (Å²) in [5.41, 5.74) is 1.49. The number of Topliss-reactive ketones (excluding diaryl/α,β-unsaturated/α-hetero) is 1. The standard InChI is InChI=1S/C24H32N2O5/c1-6-15-13-26-11-10-24(20(26)12-16(15)17(14-29-3)23(28)31-5)22(27)21-18(25(24)2)8-7-9-19(21)30-4/h7-9,14-16,20H,6,10-13H2,1-5H3/b17-14+/t15-,16+,20+,24+/m1/s1. The average molecular weight is 429 g/mol. The number of esters is 1. The van der Waals surface area contributed by atoms with Gasteiger partial charge in [0, 0.05) is 26.2 Å². The SMILES string of the molecule is CC[C@@H]1CN2CC[C@@]3(C(=O)c4c(OC)cccc4N3C)[C@@H]2C[C@@H]1/C(=C\OC)C(=O)OC. The maximum absolute atomic E-state index is 13.9. The van der Waals surface area contributed by atoms with Crippen LogP contribution in [-0.4, -0.2) is 69.7 Å². The number of nitrogens with zero attached hydrogens (tertiary/aromatic N) is 2. The van der Waals surface area contributed by atoms with Crippen LogP contribution >= 0.6 is 0 Å². The molecule has 3 aliphatic heterocycles. The Morgan fingerprint density at radius 3 is 2.71 bits per heavy atom. The third kappa shape index (κ3) is 3.04. The zero-order chi connectivity index (χ0) is 22.3. The molecule has 0 unspecified atom stereocenters. The number of rotatable bonds is 5. The molecule has 3 aliphatic rings. The van der Waals surface area contributed by atoms with Gasteiger partial charge in [0.25, 0.3) is 0 Å². The number of piperidine rings is 1. The van der Waals surface area contributed by atoms with Crippen molar-refractivity contribution in [3.8, 4) is 5.75 Å². The molecule has 1 aromatic carbocycles. The van der Waals surface area contributed by atoms with Crippen molar-refractivity contribution in [1.29, 1.82) is 0 Å². The second-order valence-corrected chi connectivity index (χ2v) is 8.74. The molecule has 168 valence electrons. The Hall–Kier alpha value is -2.54. The molecule has 2 fully saturated rings. The van der Waals surface area contributed by atoms with Crippen molar-refractivity contribution in [3.05, 3.63) is 35.6 Å². The van der Waals surface area contributed by atoms with Crippen molar-refractivity contribution >= 4 is 17.4 Å². The van der Waals surface area contributed by atoms with Crippen molar-refractivity contribution in [2.24, 2.45) is 11.8 Å². The number of fused-ring (bicyclic) bond motifs is 3. The topological polar surface area (TPSA) is 68.3 Å². The van der Waals surface area contributed by atoms with Crippen LogP contribution in [0.1, 0.15) is 36.5 Å². The number of carbonyl (C=O) groups excluding carboxylic acids is 2. The maximum Gasteiger partial charge on any atom is 0.337 e. The van der Waals surface area contributed by atoms with Crippen molar-refractivity contribution in [2.75, 3.05) is 46.4 Å². The Morgan fingerprint density at radius 2 is 2.06 bits per heavy atom. The van der Waals surface area contributed by atoms with Crippen molar-refractivity contribution < 1.29 is 23.8 Å². The van der Waals surface area contributed by atoms with Crippen LogP contribution in [0.25, 0.3) is 0 Å². The molecular formula is C24H32N2O5. The zero-order valence-electron chi connectivity index (χ0n) is 19.0. The fourth-order valence-electron chi connectivity index (χ4n) is 6.13. The van der Waals surface area contributed by atoms with E-state index < -0.39 is 5.54 Å². The van der Waals surface area contributed by atoms with E-state index in [1.54, 1.807) is 14.2 Å². The minimum atomic E-state index is -0.651. The van der Waals surface area contributed by atoms with Crippen LogP contribution in [-0.2, 0) is 14.3 Å². The van der Waals surface area contributed by atoms with Crippen LogP contribution in [0.5, 0.6) is 5.75 Å². The van der Waals surface area contributed by atoms with E-state index in [4.69, 9.17) is 14.2 Å². The predicted octanol–water partition coefficient (Wildman–Crippen LogP) is 2.89. The van der Waals surface area contributed by atoms with Gasteiger partial charge >= 0.3 is 5.97 Å². The lowest BCUT2D eigenvalue weighted by Crippen LogP contribution is -2.60. The molecule has 1 aromatic rings. The van der Waals surface area contributed by atoms with Gasteiger partial charge in [-0.3, -0.25) is 9.69 Å². The Morgan fingerprint density at radius 1 is 1.29 bits per heavy atom. The Labute approximate surface area is 183 Å². The molecule has 0 aromatic heterocycles. The molecule has 3 heterocycles. The molecule has 7 nitrogen and oxygen atoms in total. The smallest absolute Gasteiger partial charge is 0.337 e. The van der Waals surface area contributed by atoms with Crippen LogP contribution in [0.15, 0.2) is 30.0 Å². The largest absolute Gasteiger partial charge is 0.504 e. The van der Waals surface area contributed by atoms with Gasteiger partial charge in [0.1, 0.15) is 11.3 Å². The molecular weight excluding hydrogens is 396 g/mol. The molecule has 1 spiro atoms. The number of methoxy groups -OCH3 is 3. The van der Waals surface area contributed by atoms with E-state index in [2.05, 4.69) is 16.7 Å². The van der Waals surface area contributed by atoms with E-state index >= 15 is 0 Å². The van der Waals surface area contributed by atoms with Gasteiger partial charge in [-0.25, -0.2) is 4.79 Å². The lowest BCUT2D eigenvalue weighted by Gasteiger charge is -2.47. The molecule has 0 radical (unpaired) electrons. The number of ketones is 1. The van der Waals surface area contributed by atoms with Gasteiger partial charge in [0.15, 0.2) is 5.78 Å². The summed E-state index contributed by atoms with van der Waals surface area (Å²) in [5, 5.41) is 0. The highest BCUT2D eigenvalue weighted by Gasteiger charge is 2.62. The Kier molecular flexibility index (Phi) is 5.73. The van der Waals surface area contributed by atoms with Gasteiger partial charge in [0.05, 0.1) is 44.4 Å². The molecule has 4 atom stereocenters. The number of carbonyl (C=O) groups is 2. The second kappa shape index (κ2) is 8.19. The van der Waals surface area contributed by atoms with Crippen molar-refractivity contribution in [1.82, 2.24) is 4.90 Å². The number of likely N-dealkylation sites (N-methyl/N-ethyl adjacent to an activating group) is 1. The van der Waals surface area contributed by atoms with E-state index in [1.165, 1.54) is 13.4 Å². The van der Waals surface area contributed by atoms with E-state index in [0.717, 1.165) is 31.6 Å². The van der Waals surface area contributed by atoms with Crippen LogP contribution in [0.4, 0.5) is 5.69 Å². The second-order valence-electron chi connectivity index (χ2n) is 8.74. The molecule has 31 heavy (non-hydrogen) atoms. The Balaban J connectivity index is 1.75. The first kappa shape index (κ1) is 21.7. The molecule has 0 bridgehead atoms. The van der Waals surface area contributed by atoms with Gasteiger partial charge in [-0.2, -0.15) is 0 Å². The summed E-state index contributed by atoms with van der Waals surface area (Å²) >= 11 is 0. The van der Waals surface area contributed by atoms with Crippen molar-refractivity contribution in [3.63, 3.8) is 0 Å². The van der Waals surface area contributed by atoms with Crippen molar-refractivity contribution in [2.45, 2.75) is 37.8 Å². The van der Waals surface area contributed by atoms with Gasteiger partial charge in [-0.15, -0.1) is 0 Å². The van der Waals surface area contributed by atoms with E-state index in [1.807, 2.05) is 25.2 Å². The molecule has 0 saturated carbocycles. The van der Waals surface area contributed by atoms with Gasteiger partial charge in [0.2, 0.25) is 0 Å². The highest BCUT2D eigenvalue weighted by Crippen LogP contribution is 2.53. The predicted molar refractivity (Wildman–Crippen MR) is 117 cm³/mol. The fourth-order valence-corrected chi connectivity index (χ4v) is 6.13. The molecule has 0 amide bonds. The number of ether oxygens (including phenoxy) is 3. The van der Waals surface area contributed by atoms with E-state index in [0.29, 0.717) is 29.2 Å². The fraction of sp³-hybridized carbons (Fsp3) is 0.583. The molecule has 4 rings (SSSR count). The Bertz CT molecular complexity index is 913. The summed E-state index contributed by atoms with van der Waals surface area (Å²) in [5.74, 6) is 0.657. The third-order valence-corrected chi connectivity index (χ3v) is 7.68. The quantitative estimate of drug-likeness (QED) is 0.406. The molecule has 2 saturated heterocycles. The third-order valence-electron chi connectivity index (χ3n) is 7.68. The molecule has 0 N–H and O–H groups in total. The van der Waals surface area contributed by atoms with E-state index in [9.17, 15) is 9.59 Å². The highest BCUT2D eigenvalue weighted by atomic mass is 16.5. The van der Waals surface area contributed by atoms with Gasteiger partial charge in [-0.05, 0) is 36.8 Å². The first-order valence-corrected chi connectivity index (χ1v) is 10.9. The summed E-state index contributed by atoms with van der Waals surface area (Å²) in [6, 6.07) is 5.78. The van der Waals surface area contributed by atoms with Crippen LogP contribution in [0.2, 0.25) is 0 Å². The minimum Gasteiger partial charge on any atom is -0.504 e. The maximum atomic E-state index is 13.9. The zero-order valence-corrected chi connectivity index (χ0v) is 19.0. The summed E-state index contributed by atoms with van der Waals surface area (Å²) in [4.78, 5) is 31.1. The van der Waals surface area contributed by atoms with Crippen LogP contribution in [0, 0.1) is 11.8 Å². The summed E-state index contributed by atoms with van der Waals surface area (Å²) < 4.78 is 15.9. The summed E-state index contributed by atoms with van der Waals surface area (Å²) in [6.45, 7) is 3.86.